The Balaban J connectivity index is 1.49. The molecule has 0 bridgehead atoms. The molecular weight excluding hydrogens is 352 g/mol. The first-order chi connectivity index (χ1) is 12.5. The van der Waals surface area contributed by atoms with Crippen LogP contribution in [0.4, 0.5) is 5.13 Å². The van der Waals surface area contributed by atoms with E-state index in [1.807, 2.05) is 4.90 Å². The van der Waals surface area contributed by atoms with E-state index in [2.05, 4.69) is 22.0 Å². The van der Waals surface area contributed by atoms with Crippen molar-refractivity contribution in [2.75, 3.05) is 31.1 Å². The molecule has 142 valence electrons. The summed E-state index contributed by atoms with van der Waals surface area (Å²) in [4.78, 5) is 28.8. The van der Waals surface area contributed by atoms with Crippen molar-refractivity contribution in [2.24, 2.45) is 17.3 Å². The van der Waals surface area contributed by atoms with Crippen molar-refractivity contribution < 1.29 is 14.7 Å². The van der Waals surface area contributed by atoms with Crippen molar-refractivity contribution in [3.63, 3.8) is 0 Å². The lowest BCUT2D eigenvalue weighted by Gasteiger charge is -2.26. The van der Waals surface area contributed by atoms with Gasteiger partial charge in [0.15, 0.2) is 0 Å². The number of rotatable bonds is 5. The second-order valence-electron chi connectivity index (χ2n) is 7.97. The first kappa shape index (κ1) is 17.7. The summed E-state index contributed by atoms with van der Waals surface area (Å²) in [7, 11) is 0. The van der Waals surface area contributed by atoms with Gasteiger partial charge in [-0.25, -0.2) is 0 Å². The number of hydrogen-bond donors (Lipinski definition) is 1. The molecule has 1 N–H and O–H groups in total. The van der Waals surface area contributed by atoms with Crippen molar-refractivity contribution in [3.8, 4) is 0 Å². The smallest absolute Gasteiger partial charge is 0.313 e. The fourth-order valence-electron chi connectivity index (χ4n) is 4.80. The number of aromatic nitrogens is 2. The van der Waals surface area contributed by atoms with Crippen LogP contribution in [0, 0.1) is 17.3 Å². The van der Waals surface area contributed by atoms with Gasteiger partial charge in [0.25, 0.3) is 0 Å². The average Bonchev–Trinajstić information content (AvgIpc) is 3.36. The third kappa shape index (κ3) is 2.88. The lowest BCUT2D eigenvalue weighted by atomic mass is 9.81. The number of anilines is 1. The van der Waals surface area contributed by atoms with Crippen LogP contribution in [0.3, 0.4) is 0 Å². The largest absolute Gasteiger partial charge is 0.481 e. The summed E-state index contributed by atoms with van der Waals surface area (Å²) in [6.45, 7) is 4.05. The van der Waals surface area contributed by atoms with Gasteiger partial charge < -0.3 is 14.9 Å². The Kier molecular flexibility index (Phi) is 4.62. The number of aryl methyl sites for hydroxylation is 1. The molecule has 2 saturated heterocycles. The number of hydrogen-bond acceptors (Lipinski definition) is 6. The van der Waals surface area contributed by atoms with E-state index in [1.165, 1.54) is 0 Å². The molecule has 2 atom stereocenters. The number of carboxylic acids is 1. The van der Waals surface area contributed by atoms with Gasteiger partial charge in [-0.1, -0.05) is 31.1 Å². The third-order valence-corrected chi connectivity index (χ3v) is 7.29. The minimum absolute atomic E-state index is 0.0381. The number of nitrogens with zero attached hydrogens (tertiary/aromatic N) is 4. The zero-order chi connectivity index (χ0) is 18.3. The first-order valence-corrected chi connectivity index (χ1v) is 10.4. The average molecular weight is 378 g/mol. The minimum atomic E-state index is -0.870. The van der Waals surface area contributed by atoms with Crippen LogP contribution in [0.25, 0.3) is 0 Å². The predicted octanol–water partition coefficient (Wildman–Crippen LogP) is 2.03. The Morgan fingerprint density at radius 2 is 2.00 bits per heavy atom. The lowest BCUT2D eigenvalue weighted by molar-refractivity contribution is -0.148. The van der Waals surface area contributed by atoms with E-state index < -0.39 is 11.4 Å². The normalized spacial score (nSPS) is 28.7. The minimum Gasteiger partial charge on any atom is -0.481 e. The van der Waals surface area contributed by atoms with E-state index in [9.17, 15) is 14.7 Å². The Morgan fingerprint density at radius 1 is 1.23 bits per heavy atom. The number of likely N-dealkylation sites (tertiary alicyclic amines) is 1. The molecule has 3 aliphatic rings. The Labute approximate surface area is 157 Å². The molecule has 0 spiro atoms. The monoisotopic (exact) mass is 378 g/mol. The molecule has 0 radical (unpaired) electrons. The van der Waals surface area contributed by atoms with Gasteiger partial charge in [0.2, 0.25) is 11.0 Å². The van der Waals surface area contributed by atoms with E-state index in [0.717, 1.165) is 48.7 Å². The van der Waals surface area contributed by atoms with E-state index in [-0.39, 0.29) is 17.7 Å². The van der Waals surface area contributed by atoms with Crippen LogP contribution in [0.2, 0.25) is 0 Å². The highest BCUT2D eigenvalue weighted by molar-refractivity contribution is 7.15. The van der Waals surface area contributed by atoms with E-state index >= 15 is 0 Å². The second kappa shape index (κ2) is 6.79. The lowest BCUT2D eigenvalue weighted by Crippen LogP contribution is -2.43. The molecule has 1 aromatic rings. The van der Waals surface area contributed by atoms with Gasteiger partial charge in [0.05, 0.1) is 0 Å². The van der Waals surface area contributed by atoms with Crippen molar-refractivity contribution in [2.45, 2.75) is 45.4 Å². The predicted molar refractivity (Wildman–Crippen MR) is 98.2 cm³/mol. The van der Waals surface area contributed by atoms with Crippen molar-refractivity contribution in [3.05, 3.63) is 5.01 Å². The zero-order valence-corrected chi connectivity index (χ0v) is 16.0. The van der Waals surface area contributed by atoms with Crippen LogP contribution >= 0.6 is 11.3 Å². The molecule has 3 fully saturated rings. The van der Waals surface area contributed by atoms with Crippen LogP contribution in [0.15, 0.2) is 0 Å². The van der Waals surface area contributed by atoms with Crippen molar-refractivity contribution >= 4 is 28.3 Å². The fourth-order valence-corrected chi connectivity index (χ4v) is 5.75. The molecule has 26 heavy (non-hydrogen) atoms. The molecule has 3 heterocycles. The van der Waals surface area contributed by atoms with Gasteiger partial charge in [0.1, 0.15) is 10.4 Å². The molecule has 1 saturated carbocycles. The quantitative estimate of drug-likeness (QED) is 0.844. The molecular formula is C18H26N4O3S. The van der Waals surface area contributed by atoms with E-state index in [4.69, 9.17) is 0 Å². The highest BCUT2D eigenvalue weighted by Gasteiger charge is 2.59. The second-order valence-corrected chi connectivity index (χ2v) is 9.01. The maximum Gasteiger partial charge on any atom is 0.313 e. The fraction of sp³-hybridized carbons (Fsp3) is 0.778. The summed E-state index contributed by atoms with van der Waals surface area (Å²) in [5.74, 6) is -0.547. The summed E-state index contributed by atoms with van der Waals surface area (Å²) in [5.41, 5.74) is -0.870. The molecule has 0 aromatic carbocycles. The first-order valence-electron chi connectivity index (χ1n) is 9.63. The number of carboxylic acid groups (broad SMARTS) is 1. The number of fused-ring (bicyclic) bond motifs is 1. The van der Waals surface area contributed by atoms with Crippen molar-refractivity contribution in [1.29, 1.82) is 0 Å². The van der Waals surface area contributed by atoms with Gasteiger partial charge in [0, 0.05) is 44.4 Å². The molecule has 1 amide bonds. The number of carbonyl (C=O) groups excluding carboxylic acids is 1. The van der Waals surface area contributed by atoms with Gasteiger partial charge in [-0.2, -0.15) is 0 Å². The summed E-state index contributed by atoms with van der Waals surface area (Å²) in [6.07, 6.45) is 6.07. The highest BCUT2D eigenvalue weighted by Crippen LogP contribution is 2.45. The van der Waals surface area contributed by atoms with Gasteiger partial charge in [-0.3, -0.25) is 9.59 Å². The maximum atomic E-state index is 12.8. The van der Waals surface area contributed by atoms with E-state index in [0.29, 0.717) is 26.2 Å². The Hall–Kier alpha value is -1.70. The molecule has 2 aliphatic heterocycles. The summed E-state index contributed by atoms with van der Waals surface area (Å²) >= 11 is 1.56. The van der Waals surface area contributed by atoms with Crippen LogP contribution in [-0.4, -0.2) is 58.3 Å². The van der Waals surface area contributed by atoms with Crippen LogP contribution in [0.5, 0.6) is 0 Å². The van der Waals surface area contributed by atoms with Gasteiger partial charge >= 0.3 is 5.97 Å². The number of amides is 1. The van der Waals surface area contributed by atoms with Crippen LogP contribution in [-0.2, 0) is 16.0 Å². The SMILES string of the molecule is CCCc1nnc(N2C[C@H]3CN(C(=O)C4CCCC4)C[C@@]3(C(=O)O)C2)s1. The molecule has 8 heteroatoms. The van der Waals surface area contributed by atoms with Gasteiger partial charge in [-0.15, -0.1) is 10.2 Å². The topological polar surface area (TPSA) is 86.6 Å². The summed E-state index contributed by atoms with van der Waals surface area (Å²) in [6, 6.07) is 0. The summed E-state index contributed by atoms with van der Waals surface area (Å²) in [5, 5.41) is 20.3. The Bertz CT molecular complexity index is 702. The number of aliphatic carboxylic acids is 1. The molecule has 1 aromatic heterocycles. The Morgan fingerprint density at radius 3 is 2.65 bits per heavy atom. The van der Waals surface area contributed by atoms with Crippen LogP contribution in [0.1, 0.15) is 44.0 Å². The summed E-state index contributed by atoms with van der Waals surface area (Å²) < 4.78 is 0. The van der Waals surface area contributed by atoms with Crippen molar-refractivity contribution in [1.82, 2.24) is 15.1 Å². The number of carbonyl (C=O) groups is 2. The zero-order valence-electron chi connectivity index (χ0n) is 15.2. The molecule has 1 aliphatic carbocycles. The highest BCUT2D eigenvalue weighted by atomic mass is 32.1. The van der Waals surface area contributed by atoms with Crippen LogP contribution < -0.4 is 4.90 Å². The van der Waals surface area contributed by atoms with E-state index in [1.54, 1.807) is 11.3 Å². The standard InChI is InChI=1S/C18H26N4O3S/c1-2-5-14-19-20-17(26-14)22-9-13-8-21(10-18(13,11-22)16(24)25)15(23)12-6-3-4-7-12/h12-13H,2-11H2,1H3,(H,24,25)/t13-,18-/m1/s1. The maximum absolute atomic E-state index is 12.8. The molecule has 7 nitrogen and oxygen atoms in total. The molecule has 4 rings (SSSR count). The van der Waals surface area contributed by atoms with Gasteiger partial charge in [-0.05, 0) is 19.3 Å². The third-order valence-electron chi connectivity index (χ3n) is 6.24. The molecule has 0 unspecified atom stereocenters.